The molecule has 8 heterocycles. The van der Waals surface area contributed by atoms with Crippen molar-refractivity contribution in [1.29, 1.82) is 10.5 Å². The fraction of sp³-hybridized carbons (Fsp3) is 0.314. The Morgan fingerprint density at radius 1 is 0.420 bits per heavy atom. The normalized spacial score (nSPS) is 16.7. The lowest BCUT2D eigenvalue weighted by atomic mass is 9.86. The van der Waals surface area contributed by atoms with Crippen LogP contribution < -0.4 is 18.3 Å². The van der Waals surface area contributed by atoms with Crippen LogP contribution in [-0.2, 0) is 47.3 Å². The number of hydrogen-bond acceptors (Lipinski definition) is 6. The summed E-state index contributed by atoms with van der Waals surface area (Å²) in [4.78, 5) is 0. The summed E-state index contributed by atoms with van der Waals surface area (Å²) in [6.45, 7) is 13.8. The number of furan rings is 4. The summed E-state index contributed by atoms with van der Waals surface area (Å²) in [5.74, 6) is -2.82. The minimum Gasteiger partial charge on any atom is -0.456 e. The van der Waals surface area contributed by atoms with Crippen LogP contribution in [0.4, 0.5) is 0 Å². The summed E-state index contributed by atoms with van der Waals surface area (Å²) in [7, 11) is 6.43. The quantitative estimate of drug-likeness (QED) is 0.140. The Morgan fingerprint density at radius 2 is 0.821 bits per heavy atom. The first kappa shape index (κ1) is 50.4. The van der Waals surface area contributed by atoms with Gasteiger partial charge in [-0.1, -0.05) is 130 Å². The van der Waals surface area contributed by atoms with Gasteiger partial charge in [0.15, 0.2) is 35.4 Å². The van der Waals surface area contributed by atoms with E-state index in [1.807, 2.05) is 119 Å². The molecule has 0 fully saturated rings. The lowest BCUT2D eigenvalue weighted by Gasteiger charge is -2.19. The van der Waals surface area contributed by atoms with E-state index in [-0.39, 0.29) is 64.6 Å². The van der Waals surface area contributed by atoms with E-state index in [0.29, 0.717) is 89.7 Å². The van der Waals surface area contributed by atoms with Gasteiger partial charge in [-0.15, -0.1) is 0 Å². The molecule has 8 aromatic heterocycles. The Morgan fingerprint density at radius 3 is 1.28 bits per heavy atom. The molecule has 0 saturated carbocycles. The number of para-hydroxylation sites is 2. The number of aromatic nitrogens is 4. The monoisotopic (exact) mass is 1510 g/mol. The maximum absolute atomic E-state index is 9.52. The van der Waals surface area contributed by atoms with Gasteiger partial charge >= 0.3 is 0 Å². The third kappa shape index (κ3) is 15.6. The van der Waals surface area contributed by atoms with Crippen LogP contribution in [0.25, 0.3) is 133 Å². The molecule has 16 rings (SSSR count). The van der Waals surface area contributed by atoms with Gasteiger partial charge in [-0.3, -0.25) is 0 Å². The molecule has 0 atom stereocenters. The molecule has 0 amide bonds. The Hall–Kier alpha value is -11.5. The highest BCUT2D eigenvalue weighted by molar-refractivity contribution is 6.14. The van der Waals surface area contributed by atoms with Crippen LogP contribution >= 0.6 is 0 Å². The lowest BCUT2D eigenvalue weighted by Crippen LogP contribution is -2.35. The summed E-state index contributed by atoms with van der Waals surface area (Å²) in [6, 6.07) is 43.3. The van der Waals surface area contributed by atoms with Crippen LogP contribution in [-0.4, -0.2) is 0 Å². The molecular formula is C102H110N6O4+4. The van der Waals surface area contributed by atoms with Crippen LogP contribution in [0.3, 0.4) is 0 Å². The second kappa shape index (κ2) is 30.3. The van der Waals surface area contributed by atoms with Gasteiger partial charge in [-0.2, -0.15) is 15.1 Å². The van der Waals surface area contributed by atoms with E-state index < -0.39 is 92.2 Å². The standard InChI is InChI=1S/C26H27N2O.2C26H30NO.C24H23N2O/c1-16-15-28(6)22(12-19(16)13-26(3,4)5)20-10-11-23-24(17(20)2)21-9-7-8-18(14-27)25(21)29-23;1-16-8-10-23-21(12-16)25-18(3)20(9-11-24(25)28-23)22-13-19(14-26(4,5)6)17(2)15-27(22)7;1-16-8-9-21-24(12-16)28-23-11-10-20(18(3)25(21)23)22-13-19(14-26(4,5)6)17(2)15-27(22)7;1-14(2)18-11-16(4)26(5)20(12-18)22-15(3)9-10-21-23(22)19-8-6-7-17(13-25)24(19)27-21/h7-12,15H,13H2,1-6H3;2*8-13,15H,14H2,1-7H3;6-12,14H,1-5H3/q4*+1/i1D3,12D,13D2,15D;2*2D3,13D,14D2,15D;1D3,2D3,14D. The number of hydrogen-bond donors (Lipinski definition) is 0. The zero-order chi connectivity index (χ0) is 105. The van der Waals surface area contributed by atoms with E-state index >= 15 is 0 Å². The van der Waals surface area contributed by atoms with Crippen LogP contribution in [0.5, 0.6) is 0 Å². The van der Waals surface area contributed by atoms with E-state index in [4.69, 9.17) is 56.0 Å². The molecule has 0 saturated heterocycles. The predicted molar refractivity (Wildman–Crippen MR) is 462 cm³/mol. The smallest absolute Gasteiger partial charge is 0.213 e. The van der Waals surface area contributed by atoms with Crippen molar-refractivity contribution in [3.05, 3.63) is 259 Å². The van der Waals surface area contributed by atoms with Gasteiger partial charge in [0.2, 0.25) is 22.8 Å². The van der Waals surface area contributed by atoms with Crippen molar-refractivity contribution in [2.75, 3.05) is 0 Å². The van der Waals surface area contributed by atoms with Crippen molar-refractivity contribution >= 4 is 87.8 Å². The molecule has 0 spiro atoms. The summed E-state index contributed by atoms with van der Waals surface area (Å²) in [5.41, 5.74) is 10.3. The van der Waals surface area contributed by atoms with Gasteiger partial charge in [0.1, 0.15) is 77.9 Å². The highest BCUT2D eigenvalue weighted by Crippen LogP contribution is 2.43. The molecule has 8 aromatic carbocycles. The third-order valence-corrected chi connectivity index (χ3v) is 19.8. The molecule has 0 aliphatic carbocycles. The van der Waals surface area contributed by atoms with Gasteiger partial charge in [-0.25, -0.2) is 13.7 Å². The number of nitriles is 2. The number of pyridine rings is 4. The van der Waals surface area contributed by atoms with Crippen LogP contribution in [0.1, 0.15) is 209 Å². The molecule has 0 radical (unpaired) electrons. The Balaban J connectivity index is 0.000000157. The second-order valence-electron chi connectivity index (χ2n) is 32.0. The zero-order valence-electron chi connectivity index (χ0n) is 95.0. The molecule has 10 heteroatoms. The third-order valence-electron chi connectivity index (χ3n) is 19.8. The maximum Gasteiger partial charge on any atom is 0.213 e. The fourth-order valence-corrected chi connectivity index (χ4v) is 14.6. The number of rotatable bonds is 8. The van der Waals surface area contributed by atoms with E-state index in [1.165, 1.54) is 32.9 Å². The SMILES string of the molecule is [2H]C([2H])([2H])C([2H])(c1cc(C)[n+](C)c(-c2c(C)ccc3oc4c(C#N)cccc4c23)c1)C([2H])([2H])[2H].[2H]c1c(C([2H])([2H])C(C)(C)C)c(C([2H])([2H])[2H])c([2H])[n+](C)c1-c1ccc2oc3c(C#N)cccc3c2c1C.[2H]c1c(C([2H])([2H])C(C)(C)C)c(C([2H])([2H])[2H])c([2H])[n+](C)c1-c1ccc2oc3cc(C)ccc3c2c1C.[2H]c1c(C([2H])([2H])C(C)(C)C)c(C([2H])([2H])[2H])c([2H])[n+](C)c1-c1ccc2oc3ccc(C)cc3c2c1C. The molecule has 0 aliphatic heterocycles. The Labute approximate surface area is 701 Å². The topological polar surface area (TPSA) is 116 Å². The van der Waals surface area contributed by atoms with E-state index in [2.05, 4.69) is 12.1 Å². The highest BCUT2D eigenvalue weighted by atomic mass is 16.3. The minimum atomic E-state index is -3.09. The molecule has 0 bridgehead atoms. The number of aryl methyl sites for hydroxylation is 7. The summed E-state index contributed by atoms with van der Waals surface area (Å²) < 4.78 is 266. The van der Waals surface area contributed by atoms with E-state index in [0.717, 1.165) is 87.6 Å². The molecule has 10 nitrogen and oxygen atoms in total. The van der Waals surface area contributed by atoms with Crippen molar-refractivity contribution in [3.63, 3.8) is 0 Å². The highest BCUT2D eigenvalue weighted by Gasteiger charge is 2.29. The van der Waals surface area contributed by atoms with Crippen molar-refractivity contribution in [3.8, 4) is 57.2 Å². The molecular weight excluding hydrogens is 1370 g/mol. The average Bonchev–Trinajstić information content (AvgIpc) is 0.922. The molecule has 0 N–H and O–H groups in total. The first-order chi connectivity index (χ1) is 64.2. The maximum atomic E-state index is 9.52. The van der Waals surface area contributed by atoms with Crippen molar-refractivity contribution < 1.29 is 74.3 Å². The van der Waals surface area contributed by atoms with Crippen molar-refractivity contribution in [1.82, 2.24) is 0 Å². The zero-order valence-corrected chi connectivity index (χ0v) is 67.0. The van der Waals surface area contributed by atoms with Crippen LogP contribution in [0.2, 0.25) is 0 Å². The summed E-state index contributed by atoms with van der Waals surface area (Å²) in [5, 5.41) is 25.6. The first-order valence-corrected chi connectivity index (χ1v) is 36.9. The molecule has 112 heavy (non-hydrogen) atoms. The number of benzene rings is 8. The van der Waals surface area contributed by atoms with E-state index in [9.17, 15) is 10.5 Å². The van der Waals surface area contributed by atoms with Gasteiger partial charge in [0.25, 0.3) is 0 Å². The molecule has 0 aliphatic rings. The fourth-order valence-electron chi connectivity index (χ4n) is 14.6. The minimum absolute atomic E-state index is 0.111. The Kier molecular flexibility index (Phi) is 13.7. The summed E-state index contributed by atoms with van der Waals surface area (Å²) >= 11 is 0. The Bertz CT molecular complexity index is 7880. The lowest BCUT2D eigenvalue weighted by molar-refractivity contribution is -0.666. The van der Waals surface area contributed by atoms with Gasteiger partial charge in [0.05, 0.1) is 20.8 Å². The van der Waals surface area contributed by atoms with Gasteiger partial charge < -0.3 is 17.7 Å². The number of fused-ring (bicyclic) bond motifs is 12. The van der Waals surface area contributed by atoms with Gasteiger partial charge in [-0.05, 0) is 226 Å². The molecule has 568 valence electrons. The molecule has 16 aromatic rings. The van der Waals surface area contributed by atoms with Crippen molar-refractivity contribution in [2.45, 2.75) is 170 Å². The largest absolute Gasteiger partial charge is 0.456 e. The average molecular weight is 1510 g/mol. The summed E-state index contributed by atoms with van der Waals surface area (Å²) in [6.07, 6.45) is -7.59. The van der Waals surface area contributed by atoms with Crippen LogP contribution in [0, 0.1) is 108 Å². The van der Waals surface area contributed by atoms with E-state index in [1.54, 1.807) is 139 Å². The van der Waals surface area contributed by atoms with Gasteiger partial charge in [0, 0.05) is 144 Å². The number of nitrogens with zero attached hydrogens (tertiary/aromatic N) is 6. The first-order valence-electron chi connectivity index (χ1n) is 50.9. The van der Waals surface area contributed by atoms with Crippen LogP contribution in [0.15, 0.2) is 188 Å². The predicted octanol–water partition coefficient (Wildman–Crippen LogP) is 25.0. The second-order valence-corrected chi connectivity index (χ2v) is 32.0. The van der Waals surface area contributed by atoms with Crippen molar-refractivity contribution in [2.24, 2.45) is 44.4 Å². The molecule has 0 unspecified atom stereocenters.